The van der Waals surface area contributed by atoms with E-state index < -0.39 is 11.9 Å². The molecule has 0 atom stereocenters. The number of hydrogen-bond acceptors (Lipinski definition) is 4. The highest BCUT2D eigenvalue weighted by molar-refractivity contribution is 6.32. The molecule has 74 valence electrons. The molecule has 0 heterocycles. The Morgan fingerprint density at radius 2 is 2.15 bits per heavy atom. The first-order valence-electron chi connectivity index (χ1n) is 4.20. The van der Waals surface area contributed by atoms with E-state index in [0.717, 1.165) is 12.8 Å². The number of esters is 1. The third kappa shape index (κ3) is 2.42. The van der Waals surface area contributed by atoms with Gasteiger partial charge in [0.15, 0.2) is 0 Å². The SMILES string of the molecule is COC(=O)C(=O)N(CCO)C1CC1. The van der Waals surface area contributed by atoms with Crippen LogP contribution in [0.1, 0.15) is 12.8 Å². The van der Waals surface area contributed by atoms with E-state index in [2.05, 4.69) is 4.74 Å². The summed E-state index contributed by atoms with van der Waals surface area (Å²) < 4.78 is 4.31. The van der Waals surface area contributed by atoms with Crippen LogP contribution in [0.5, 0.6) is 0 Å². The molecule has 1 N–H and O–H groups in total. The highest BCUT2D eigenvalue weighted by Gasteiger charge is 2.35. The molecule has 1 amide bonds. The Balaban J connectivity index is 2.52. The van der Waals surface area contributed by atoms with Gasteiger partial charge in [0.1, 0.15) is 0 Å². The third-order valence-corrected chi connectivity index (χ3v) is 1.95. The Hall–Kier alpha value is -1.10. The molecule has 0 radical (unpaired) electrons. The predicted octanol–water partition coefficient (Wildman–Crippen LogP) is -0.857. The molecule has 1 rings (SSSR count). The minimum atomic E-state index is -0.861. The van der Waals surface area contributed by atoms with Crippen molar-refractivity contribution in [3.63, 3.8) is 0 Å². The van der Waals surface area contributed by atoms with Crippen LogP contribution >= 0.6 is 0 Å². The van der Waals surface area contributed by atoms with Crippen LogP contribution in [0.4, 0.5) is 0 Å². The van der Waals surface area contributed by atoms with Crippen molar-refractivity contribution in [1.29, 1.82) is 0 Å². The normalized spacial score (nSPS) is 15.2. The van der Waals surface area contributed by atoms with Gasteiger partial charge in [-0.15, -0.1) is 0 Å². The monoisotopic (exact) mass is 187 g/mol. The van der Waals surface area contributed by atoms with Crippen molar-refractivity contribution >= 4 is 11.9 Å². The van der Waals surface area contributed by atoms with Gasteiger partial charge in [0.05, 0.1) is 13.7 Å². The second-order valence-electron chi connectivity index (χ2n) is 2.94. The minimum Gasteiger partial charge on any atom is -0.462 e. The summed E-state index contributed by atoms with van der Waals surface area (Å²) in [6.45, 7) is 0.0812. The van der Waals surface area contributed by atoms with Crippen molar-refractivity contribution in [1.82, 2.24) is 4.90 Å². The van der Waals surface area contributed by atoms with E-state index in [4.69, 9.17) is 5.11 Å². The Morgan fingerprint density at radius 3 is 2.54 bits per heavy atom. The summed E-state index contributed by atoms with van der Waals surface area (Å²) in [5.41, 5.74) is 0. The fraction of sp³-hybridized carbons (Fsp3) is 0.750. The van der Waals surface area contributed by atoms with Gasteiger partial charge in [-0.1, -0.05) is 0 Å². The van der Waals surface area contributed by atoms with Gasteiger partial charge in [-0.2, -0.15) is 0 Å². The van der Waals surface area contributed by atoms with Gasteiger partial charge >= 0.3 is 11.9 Å². The Morgan fingerprint density at radius 1 is 1.54 bits per heavy atom. The summed E-state index contributed by atoms with van der Waals surface area (Å²) in [6.07, 6.45) is 1.81. The van der Waals surface area contributed by atoms with Gasteiger partial charge in [-0.3, -0.25) is 4.79 Å². The maximum absolute atomic E-state index is 11.3. The molecule has 5 heteroatoms. The Kier molecular flexibility index (Phi) is 3.25. The molecule has 0 aromatic heterocycles. The maximum Gasteiger partial charge on any atom is 0.396 e. The average Bonchev–Trinajstić information content (AvgIpc) is 2.95. The lowest BCUT2D eigenvalue weighted by atomic mass is 10.4. The van der Waals surface area contributed by atoms with E-state index in [9.17, 15) is 9.59 Å². The Bertz CT molecular complexity index is 212. The molecule has 13 heavy (non-hydrogen) atoms. The molecule has 0 spiro atoms. The molecule has 1 saturated carbocycles. The zero-order valence-electron chi connectivity index (χ0n) is 7.52. The lowest BCUT2D eigenvalue weighted by molar-refractivity contribution is -0.158. The van der Waals surface area contributed by atoms with E-state index in [0.29, 0.717) is 0 Å². The second-order valence-corrected chi connectivity index (χ2v) is 2.94. The molecule has 1 aliphatic rings. The molecule has 1 aliphatic carbocycles. The maximum atomic E-state index is 11.3. The first-order chi connectivity index (χ1) is 6.20. The number of nitrogens with zero attached hydrogens (tertiary/aromatic N) is 1. The Labute approximate surface area is 76.3 Å². The number of aliphatic hydroxyl groups is 1. The molecule has 5 nitrogen and oxygen atoms in total. The zero-order chi connectivity index (χ0) is 9.84. The largest absolute Gasteiger partial charge is 0.462 e. The predicted molar refractivity (Wildman–Crippen MR) is 43.8 cm³/mol. The molecule has 0 unspecified atom stereocenters. The first kappa shape index (κ1) is 9.98. The number of hydrogen-bond donors (Lipinski definition) is 1. The van der Waals surface area contributed by atoms with Crippen LogP contribution < -0.4 is 0 Å². The van der Waals surface area contributed by atoms with E-state index >= 15 is 0 Å². The fourth-order valence-electron chi connectivity index (χ4n) is 1.15. The van der Waals surface area contributed by atoms with Crippen LogP contribution in [-0.2, 0) is 14.3 Å². The van der Waals surface area contributed by atoms with Crippen LogP contribution in [0, 0.1) is 0 Å². The summed E-state index contributed by atoms with van der Waals surface area (Å²) in [7, 11) is 1.17. The van der Waals surface area contributed by atoms with Gasteiger partial charge in [0.25, 0.3) is 0 Å². The molecular formula is C8H13NO4. The molecule has 0 aromatic carbocycles. The molecular weight excluding hydrogens is 174 g/mol. The van der Waals surface area contributed by atoms with Gasteiger partial charge in [-0.05, 0) is 12.8 Å². The van der Waals surface area contributed by atoms with Crippen molar-refractivity contribution in [2.75, 3.05) is 20.3 Å². The number of aliphatic hydroxyl groups excluding tert-OH is 1. The number of methoxy groups -OCH3 is 1. The van der Waals surface area contributed by atoms with Crippen molar-refractivity contribution in [3.05, 3.63) is 0 Å². The summed E-state index contributed by atoms with van der Waals surface area (Å²) in [5, 5.41) is 8.67. The minimum absolute atomic E-state index is 0.124. The van der Waals surface area contributed by atoms with E-state index in [1.807, 2.05) is 0 Å². The fourth-order valence-corrected chi connectivity index (χ4v) is 1.15. The van der Waals surface area contributed by atoms with Crippen LogP contribution in [0.2, 0.25) is 0 Å². The van der Waals surface area contributed by atoms with Crippen molar-refractivity contribution in [3.8, 4) is 0 Å². The van der Waals surface area contributed by atoms with Crippen molar-refractivity contribution in [2.24, 2.45) is 0 Å². The quantitative estimate of drug-likeness (QED) is 0.461. The number of amides is 1. The van der Waals surface area contributed by atoms with Gasteiger partial charge in [-0.25, -0.2) is 4.79 Å². The number of rotatable bonds is 3. The number of carbonyl (C=O) groups excluding carboxylic acids is 2. The van der Waals surface area contributed by atoms with Gasteiger partial charge in [0, 0.05) is 12.6 Å². The summed E-state index contributed by atoms with van der Waals surface area (Å²) in [4.78, 5) is 23.5. The smallest absolute Gasteiger partial charge is 0.396 e. The van der Waals surface area contributed by atoms with Crippen LogP contribution in [0.25, 0.3) is 0 Å². The van der Waals surface area contributed by atoms with Gasteiger partial charge < -0.3 is 14.7 Å². The molecule has 0 bridgehead atoms. The van der Waals surface area contributed by atoms with E-state index in [1.165, 1.54) is 12.0 Å². The highest BCUT2D eigenvalue weighted by atomic mass is 16.5. The molecule has 0 aromatic rings. The van der Waals surface area contributed by atoms with Crippen LogP contribution in [0.15, 0.2) is 0 Å². The molecule has 0 aliphatic heterocycles. The lowest BCUT2D eigenvalue weighted by Gasteiger charge is -2.19. The summed E-state index contributed by atoms with van der Waals surface area (Å²) in [5.74, 6) is -1.51. The van der Waals surface area contributed by atoms with Gasteiger partial charge in [0.2, 0.25) is 0 Å². The standard InChI is InChI=1S/C8H13NO4/c1-13-8(12)7(11)9(4-5-10)6-2-3-6/h6,10H,2-5H2,1H3. The van der Waals surface area contributed by atoms with E-state index in [1.54, 1.807) is 0 Å². The zero-order valence-corrected chi connectivity index (χ0v) is 7.52. The molecule has 1 fully saturated rings. The highest BCUT2D eigenvalue weighted by Crippen LogP contribution is 2.26. The average molecular weight is 187 g/mol. The number of carbonyl (C=O) groups is 2. The second kappa shape index (κ2) is 4.23. The first-order valence-corrected chi connectivity index (χ1v) is 4.20. The van der Waals surface area contributed by atoms with Crippen molar-refractivity contribution in [2.45, 2.75) is 18.9 Å². The number of ether oxygens (including phenoxy) is 1. The third-order valence-electron chi connectivity index (χ3n) is 1.95. The van der Waals surface area contributed by atoms with Crippen molar-refractivity contribution < 1.29 is 19.4 Å². The molecule has 0 saturated heterocycles. The van der Waals surface area contributed by atoms with Crippen LogP contribution in [-0.4, -0.2) is 48.2 Å². The topological polar surface area (TPSA) is 66.8 Å². The van der Waals surface area contributed by atoms with E-state index in [-0.39, 0.29) is 19.2 Å². The summed E-state index contributed by atoms with van der Waals surface area (Å²) in [6, 6.07) is 0.124. The van der Waals surface area contributed by atoms with Crippen LogP contribution in [0.3, 0.4) is 0 Å². The summed E-state index contributed by atoms with van der Waals surface area (Å²) >= 11 is 0. The lowest BCUT2D eigenvalue weighted by Crippen LogP contribution is -2.40.